The fourth-order valence-electron chi connectivity index (χ4n) is 1.87. The zero-order valence-electron chi connectivity index (χ0n) is 9.77. The van der Waals surface area contributed by atoms with Gasteiger partial charge in [-0.1, -0.05) is 23.7 Å². The first kappa shape index (κ1) is 13.1. The van der Waals surface area contributed by atoms with Crippen LogP contribution in [0.25, 0.3) is 6.08 Å². The van der Waals surface area contributed by atoms with Crippen molar-refractivity contribution in [3.05, 3.63) is 33.7 Å². The minimum atomic E-state index is -3.83. The number of rotatable bonds is 2. The molecule has 6 heteroatoms. The Morgan fingerprint density at radius 1 is 1.33 bits per heavy atom. The summed E-state index contributed by atoms with van der Waals surface area (Å²) in [5.41, 5.74) is -1.05. The Balaban J connectivity index is 2.73. The number of benzene rings is 1. The summed E-state index contributed by atoms with van der Waals surface area (Å²) in [5, 5.41) is 9.25. The third-order valence-corrected chi connectivity index (χ3v) is 5.62. The van der Waals surface area contributed by atoms with E-state index in [4.69, 9.17) is 16.7 Å². The van der Waals surface area contributed by atoms with Crippen molar-refractivity contribution < 1.29 is 18.3 Å². The number of fused-ring (bicyclic) bond motifs is 1. The number of carbonyl (C=O) groups is 1. The highest BCUT2D eigenvalue weighted by Gasteiger charge is 2.44. The topological polar surface area (TPSA) is 71.4 Å². The molecule has 1 aliphatic rings. The average Bonchev–Trinajstić information content (AvgIpc) is 2.52. The van der Waals surface area contributed by atoms with Crippen LogP contribution in [0.15, 0.2) is 28.0 Å². The molecule has 0 aromatic heterocycles. The molecule has 0 saturated carbocycles. The average molecular weight is 287 g/mol. The van der Waals surface area contributed by atoms with Crippen molar-refractivity contribution in [1.29, 1.82) is 0 Å². The van der Waals surface area contributed by atoms with Crippen LogP contribution in [0.4, 0.5) is 0 Å². The second kappa shape index (κ2) is 3.83. The summed E-state index contributed by atoms with van der Waals surface area (Å²) in [5.74, 6) is -1.19. The summed E-state index contributed by atoms with van der Waals surface area (Å²) in [7, 11) is -3.83. The molecule has 1 N–H and O–H groups in total. The third kappa shape index (κ3) is 1.66. The first-order chi connectivity index (χ1) is 8.19. The maximum Gasteiger partial charge on any atom is 0.314 e. The molecule has 0 saturated heterocycles. The lowest BCUT2D eigenvalue weighted by molar-refractivity contribution is -0.144. The lowest BCUT2D eigenvalue weighted by Crippen LogP contribution is -2.28. The van der Waals surface area contributed by atoms with Gasteiger partial charge in [-0.25, -0.2) is 8.42 Å². The predicted octanol–water partition coefficient (Wildman–Crippen LogP) is 2.58. The Hall–Kier alpha value is -1.33. The summed E-state index contributed by atoms with van der Waals surface area (Å²) in [6, 6.07) is 4.70. The van der Waals surface area contributed by atoms with Gasteiger partial charge in [0.05, 0.1) is 20.2 Å². The zero-order chi connectivity index (χ0) is 13.7. The number of carboxylic acid groups (broad SMARTS) is 1. The highest BCUT2D eigenvalue weighted by atomic mass is 35.5. The summed E-state index contributed by atoms with van der Waals surface area (Å²) in [4.78, 5) is 11.1. The summed E-state index contributed by atoms with van der Waals surface area (Å²) < 4.78 is 24.7. The molecule has 0 spiro atoms. The van der Waals surface area contributed by atoms with E-state index >= 15 is 0 Å². The molecule has 0 aliphatic carbocycles. The van der Waals surface area contributed by atoms with Crippen LogP contribution in [0.3, 0.4) is 0 Å². The van der Waals surface area contributed by atoms with E-state index in [1.807, 2.05) is 0 Å². The van der Waals surface area contributed by atoms with Crippen molar-refractivity contribution in [3.8, 4) is 0 Å². The van der Waals surface area contributed by atoms with E-state index in [1.165, 1.54) is 26.0 Å². The molecule has 96 valence electrons. The minimum Gasteiger partial charge on any atom is -0.481 e. The lowest BCUT2D eigenvalue weighted by atomic mass is 9.92. The molecule has 18 heavy (non-hydrogen) atoms. The van der Waals surface area contributed by atoms with Crippen molar-refractivity contribution in [2.45, 2.75) is 18.7 Å². The number of halogens is 1. The van der Waals surface area contributed by atoms with Gasteiger partial charge in [-0.3, -0.25) is 4.79 Å². The molecule has 1 aromatic rings. The number of carboxylic acids is 1. The van der Waals surface area contributed by atoms with E-state index in [1.54, 1.807) is 12.1 Å². The molecule has 1 aromatic carbocycles. The van der Waals surface area contributed by atoms with E-state index in [9.17, 15) is 13.2 Å². The van der Waals surface area contributed by atoms with Crippen LogP contribution < -0.4 is 0 Å². The second-order valence-corrected chi connectivity index (χ2v) is 6.86. The smallest absolute Gasteiger partial charge is 0.314 e. The second-order valence-electron chi connectivity index (χ2n) is 4.60. The van der Waals surface area contributed by atoms with E-state index < -0.39 is 21.2 Å². The van der Waals surface area contributed by atoms with E-state index in [-0.39, 0.29) is 14.8 Å². The first-order valence-electron chi connectivity index (χ1n) is 5.18. The molecule has 0 amide bonds. The summed E-state index contributed by atoms with van der Waals surface area (Å²) >= 11 is 5.89. The van der Waals surface area contributed by atoms with Gasteiger partial charge >= 0.3 is 5.97 Å². The largest absolute Gasteiger partial charge is 0.481 e. The Kier molecular flexibility index (Phi) is 2.79. The van der Waals surface area contributed by atoms with Gasteiger partial charge < -0.3 is 5.11 Å². The fourth-order valence-corrected chi connectivity index (χ4v) is 4.38. The molecule has 0 unspecified atom stereocenters. The van der Waals surface area contributed by atoms with Gasteiger partial charge in [0.1, 0.15) is 0 Å². The molecule has 2 rings (SSSR count). The maximum absolute atomic E-state index is 12.3. The van der Waals surface area contributed by atoms with E-state index in [2.05, 4.69) is 0 Å². The number of sulfone groups is 1. The number of hydrogen-bond acceptors (Lipinski definition) is 3. The number of hydrogen-bond donors (Lipinski definition) is 1. The fraction of sp³-hybridized carbons (Fsp3) is 0.250. The summed E-state index contributed by atoms with van der Waals surface area (Å²) in [6.07, 6.45) is 1.38. The molecule has 1 aliphatic heterocycles. The molecule has 0 bridgehead atoms. The molecular weight excluding hydrogens is 276 g/mol. The maximum atomic E-state index is 12.3. The van der Waals surface area contributed by atoms with Crippen LogP contribution in [-0.4, -0.2) is 19.5 Å². The third-order valence-electron chi connectivity index (χ3n) is 2.99. The van der Waals surface area contributed by atoms with Crippen LogP contribution in [-0.2, 0) is 14.6 Å². The Bertz CT molecular complexity index is 671. The van der Waals surface area contributed by atoms with Gasteiger partial charge in [-0.05, 0) is 31.6 Å². The molecular formula is C12H11ClO4S. The van der Waals surface area contributed by atoms with Crippen molar-refractivity contribution in [1.82, 2.24) is 0 Å². The molecule has 1 heterocycles. The molecule has 4 nitrogen and oxygen atoms in total. The van der Waals surface area contributed by atoms with Crippen LogP contribution >= 0.6 is 11.6 Å². The van der Waals surface area contributed by atoms with E-state index in [0.717, 1.165) is 0 Å². The van der Waals surface area contributed by atoms with Gasteiger partial charge in [-0.15, -0.1) is 0 Å². The van der Waals surface area contributed by atoms with Crippen molar-refractivity contribution in [2.75, 3.05) is 0 Å². The van der Waals surface area contributed by atoms with Gasteiger partial charge in [0.25, 0.3) is 0 Å². The first-order valence-corrected chi connectivity index (χ1v) is 7.04. The van der Waals surface area contributed by atoms with Gasteiger partial charge in [-0.2, -0.15) is 0 Å². The van der Waals surface area contributed by atoms with Crippen molar-refractivity contribution in [2.24, 2.45) is 5.41 Å². The van der Waals surface area contributed by atoms with Gasteiger partial charge in [0.15, 0.2) is 0 Å². The van der Waals surface area contributed by atoms with Crippen molar-refractivity contribution >= 4 is 33.5 Å². The SMILES string of the molecule is CC(C)(C(=O)O)C1=Cc2cccc(Cl)c2S1(=O)=O. The quantitative estimate of drug-likeness (QED) is 0.907. The highest BCUT2D eigenvalue weighted by molar-refractivity contribution is 7.96. The van der Waals surface area contributed by atoms with Crippen LogP contribution in [0.2, 0.25) is 5.02 Å². The minimum absolute atomic E-state index is 0.00371. The Labute approximate surface area is 110 Å². The van der Waals surface area contributed by atoms with Crippen LogP contribution in [0.5, 0.6) is 0 Å². The lowest BCUT2D eigenvalue weighted by Gasteiger charge is -2.20. The molecule has 0 radical (unpaired) electrons. The predicted molar refractivity (Wildman–Crippen MR) is 68.0 cm³/mol. The monoisotopic (exact) mass is 286 g/mol. The Morgan fingerprint density at radius 2 is 1.94 bits per heavy atom. The van der Waals surface area contributed by atoms with Gasteiger partial charge in [0.2, 0.25) is 9.84 Å². The van der Waals surface area contributed by atoms with Crippen LogP contribution in [0, 0.1) is 5.41 Å². The standard InChI is InChI=1S/C12H11ClO4S/c1-12(2,11(14)15)9-6-7-4-3-5-8(13)10(7)18(9,16)17/h3-6H,1-2H3,(H,14,15). The Morgan fingerprint density at radius 3 is 2.44 bits per heavy atom. The summed E-state index contributed by atoms with van der Waals surface area (Å²) in [6.45, 7) is 2.72. The normalized spacial score (nSPS) is 17.2. The van der Waals surface area contributed by atoms with Gasteiger partial charge in [0, 0.05) is 0 Å². The highest BCUT2D eigenvalue weighted by Crippen LogP contribution is 2.45. The zero-order valence-corrected chi connectivity index (χ0v) is 11.3. The molecule has 0 fully saturated rings. The van der Waals surface area contributed by atoms with Crippen molar-refractivity contribution in [3.63, 3.8) is 0 Å². The number of aliphatic carboxylic acids is 1. The van der Waals surface area contributed by atoms with Crippen LogP contribution in [0.1, 0.15) is 19.4 Å². The van der Waals surface area contributed by atoms with E-state index in [0.29, 0.717) is 5.56 Å². The molecule has 0 atom stereocenters.